The van der Waals surface area contributed by atoms with Crippen LogP contribution in [0.3, 0.4) is 0 Å². The van der Waals surface area contributed by atoms with Crippen LogP contribution in [0.15, 0.2) is 18.2 Å². The standard InChI is InChI=1S/C16H21FN4O3/c17-13-7-6-11(8-12(13)15(18)23)21-16(24)19-9-14(22)20-10-4-2-1-3-5-10/h6-8,10H,1-5,9H2,(H2,18,23)(H,20,22)(H2,19,21,24). The van der Waals surface area contributed by atoms with Gasteiger partial charge in [-0.1, -0.05) is 19.3 Å². The Morgan fingerprint density at radius 1 is 1.17 bits per heavy atom. The van der Waals surface area contributed by atoms with E-state index < -0.39 is 17.8 Å². The van der Waals surface area contributed by atoms with Crippen LogP contribution in [0.25, 0.3) is 0 Å². The van der Waals surface area contributed by atoms with Gasteiger partial charge in [0.1, 0.15) is 5.82 Å². The molecule has 1 aliphatic carbocycles. The molecule has 0 heterocycles. The zero-order valence-electron chi connectivity index (χ0n) is 13.2. The highest BCUT2D eigenvalue weighted by Gasteiger charge is 2.16. The molecule has 0 saturated heterocycles. The average molecular weight is 336 g/mol. The first-order chi connectivity index (χ1) is 11.5. The molecule has 0 bridgehead atoms. The Labute approximate surface area is 139 Å². The number of carbonyl (C=O) groups is 3. The molecular weight excluding hydrogens is 315 g/mol. The second-order valence-electron chi connectivity index (χ2n) is 5.77. The molecule has 2 rings (SSSR count). The maximum Gasteiger partial charge on any atom is 0.319 e. The van der Waals surface area contributed by atoms with Crippen molar-refractivity contribution in [3.63, 3.8) is 0 Å². The van der Waals surface area contributed by atoms with Gasteiger partial charge in [-0.3, -0.25) is 9.59 Å². The first kappa shape index (κ1) is 17.7. The van der Waals surface area contributed by atoms with E-state index in [4.69, 9.17) is 5.73 Å². The molecule has 0 radical (unpaired) electrons. The number of benzene rings is 1. The number of amides is 4. The average Bonchev–Trinajstić information content (AvgIpc) is 2.55. The Bertz CT molecular complexity index is 630. The van der Waals surface area contributed by atoms with Crippen LogP contribution in [0.1, 0.15) is 42.5 Å². The molecule has 0 atom stereocenters. The Balaban J connectivity index is 1.79. The van der Waals surface area contributed by atoms with Crippen LogP contribution in [0, 0.1) is 5.82 Å². The fourth-order valence-electron chi connectivity index (χ4n) is 2.65. The van der Waals surface area contributed by atoms with Crippen molar-refractivity contribution in [2.75, 3.05) is 11.9 Å². The van der Waals surface area contributed by atoms with E-state index in [9.17, 15) is 18.8 Å². The highest BCUT2D eigenvalue weighted by molar-refractivity contribution is 5.96. The zero-order valence-corrected chi connectivity index (χ0v) is 13.2. The van der Waals surface area contributed by atoms with Crippen LogP contribution in [-0.2, 0) is 4.79 Å². The Hall–Kier alpha value is -2.64. The summed E-state index contributed by atoms with van der Waals surface area (Å²) in [5, 5.41) is 7.71. The predicted molar refractivity (Wildman–Crippen MR) is 87.0 cm³/mol. The van der Waals surface area contributed by atoms with E-state index in [1.165, 1.54) is 12.5 Å². The molecule has 0 aliphatic heterocycles. The molecule has 0 spiro atoms. The van der Waals surface area contributed by atoms with Gasteiger partial charge in [0.2, 0.25) is 5.91 Å². The minimum atomic E-state index is -0.927. The first-order valence-corrected chi connectivity index (χ1v) is 7.89. The highest BCUT2D eigenvalue weighted by Crippen LogP contribution is 2.17. The minimum absolute atomic E-state index is 0.161. The van der Waals surface area contributed by atoms with E-state index in [-0.39, 0.29) is 29.7 Å². The lowest BCUT2D eigenvalue weighted by molar-refractivity contribution is -0.121. The summed E-state index contributed by atoms with van der Waals surface area (Å²) in [7, 11) is 0. The second-order valence-corrected chi connectivity index (χ2v) is 5.77. The predicted octanol–water partition coefficient (Wildman–Crippen LogP) is 1.49. The minimum Gasteiger partial charge on any atom is -0.366 e. The SMILES string of the molecule is NC(=O)c1cc(NC(=O)NCC(=O)NC2CCCCC2)ccc1F. The zero-order chi connectivity index (χ0) is 17.5. The van der Waals surface area contributed by atoms with Gasteiger partial charge in [0.15, 0.2) is 0 Å². The van der Waals surface area contributed by atoms with Crippen LogP contribution >= 0.6 is 0 Å². The van der Waals surface area contributed by atoms with E-state index >= 15 is 0 Å². The molecule has 1 aliphatic rings. The number of carbonyl (C=O) groups excluding carboxylic acids is 3. The highest BCUT2D eigenvalue weighted by atomic mass is 19.1. The Kier molecular flexibility index (Phi) is 6.11. The summed E-state index contributed by atoms with van der Waals surface area (Å²) >= 11 is 0. The van der Waals surface area contributed by atoms with Crippen molar-refractivity contribution in [2.45, 2.75) is 38.1 Å². The number of halogens is 1. The van der Waals surface area contributed by atoms with E-state index in [2.05, 4.69) is 16.0 Å². The molecule has 8 heteroatoms. The van der Waals surface area contributed by atoms with Crippen molar-refractivity contribution in [3.05, 3.63) is 29.6 Å². The first-order valence-electron chi connectivity index (χ1n) is 7.89. The third-order valence-electron chi connectivity index (χ3n) is 3.87. The summed E-state index contributed by atoms with van der Waals surface area (Å²) in [4.78, 5) is 34.6. The van der Waals surface area contributed by atoms with E-state index in [0.29, 0.717) is 0 Å². The molecule has 5 N–H and O–H groups in total. The summed E-state index contributed by atoms with van der Waals surface area (Å²) in [5.41, 5.74) is 4.93. The number of anilines is 1. The third-order valence-corrected chi connectivity index (χ3v) is 3.87. The van der Waals surface area contributed by atoms with Crippen molar-refractivity contribution in [2.24, 2.45) is 5.73 Å². The molecule has 130 valence electrons. The fraction of sp³-hybridized carbons (Fsp3) is 0.438. The van der Waals surface area contributed by atoms with Crippen molar-refractivity contribution in [3.8, 4) is 0 Å². The second kappa shape index (κ2) is 8.28. The van der Waals surface area contributed by atoms with Gasteiger partial charge in [0.25, 0.3) is 5.91 Å². The van der Waals surface area contributed by atoms with Gasteiger partial charge in [0.05, 0.1) is 12.1 Å². The number of hydrogen-bond acceptors (Lipinski definition) is 3. The van der Waals surface area contributed by atoms with Crippen LogP contribution in [0.5, 0.6) is 0 Å². The van der Waals surface area contributed by atoms with Gasteiger partial charge in [-0.15, -0.1) is 0 Å². The summed E-state index contributed by atoms with van der Waals surface area (Å²) in [6.45, 7) is -0.161. The molecule has 1 aromatic carbocycles. The van der Waals surface area contributed by atoms with Gasteiger partial charge in [0, 0.05) is 11.7 Å². The number of rotatable bonds is 5. The third kappa shape index (κ3) is 5.22. The topological polar surface area (TPSA) is 113 Å². The molecular formula is C16H21FN4O3. The van der Waals surface area contributed by atoms with Crippen molar-refractivity contribution < 1.29 is 18.8 Å². The van der Waals surface area contributed by atoms with Gasteiger partial charge < -0.3 is 21.7 Å². The van der Waals surface area contributed by atoms with Gasteiger partial charge in [-0.25, -0.2) is 9.18 Å². The maximum atomic E-state index is 13.4. The lowest BCUT2D eigenvalue weighted by atomic mass is 9.95. The largest absolute Gasteiger partial charge is 0.366 e. The van der Waals surface area contributed by atoms with Gasteiger partial charge in [-0.2, -0.15) is 0 Å². The molecule has 7 nitrogen and oxygen atoms in total. The maximum absolute atomic E-state index is 13.4. The summed E-state index contributed by atoms with van der Waals surface area (Å²) < 4.78 is 13.4. The summed E-state index contributed by atoms with van der Waals surface area (Å²) in [6, 6.07) is 3.01. The molecule has 4 amide bonds. The molecule has 0 aromatic heterocycles. The van der Waals surface area contributed by atoms with Crippen molar-refractivity contribution >= 4 is 23.5 Å². The van der Waals surface area contributed by atoms with Crippen LogP contribution in [0.4, 0.5) is 14.9 Å². The van der Waals surface area contributed by atoms with E-state index in [1.807, 2.05) is 0 Å². The molecule has 24 heavy (non-hydrogen) atoms. The number of hydrogen-bond donors (Lipinski definition) is 4. The number of nitrogens with one attached hydrogen (secondary N) is 3. The number of nitrogens with two attached hydrogens (primary N) is 1. The van der Waals surface area contributed by atoms with Crippen LogP contribution in [-0.4, -0.2) is 30.4 Å². The summed E-state index contributed by atoms with van der Waals surface area (Å²) in [5.74, 6) is -1.95. The Morgan fingerprint density at radius 3 is 2.54 bits per heavy atom. The molecule has 0 unspecified atom stereocenters. The number of primary amides is 1. The lowest BCUT2D eigenvalue weighted by Gasteiger charge is -2.22. The van der Waals surface area contributed by atoms with Crippen LogP contribution in [0.2, 0.25) is 0 Å². The molecule has 1 aromatic rings. The van der Waals surface area contributed by atoms with E-state index in [1.54, 1.807) is 0 Å². The smallest absolute Gasteiger partial charge is 0.319 e. The van der Waals surface area contributed by atoms with Gasteiger partial charge >= 0.3 is 6.03 Å². The monoisotopic (exact) mass is 336 g/mol. The van der Waals surface area contributed by atoms with Crippen LogP contribution < -0.4 is 21.7 Å². The van der Waals surface area contributed by atoms with E-state index in [0.717, 1.165) is 37.8 Å². The molecule has 1 saturated carbocycles. The number of urea groups is 1. The fourth-order valence-corrected chi connectivity index (χ4v) is 2.65. The normalized spacial score (nSPS) is 14.7. The quantitative estimate of drug-likeness (QED) is 0.653. The summed E-state index contributed by atoms with van der Waals surface area (Å²) in [6.07, 6.45) is 5.32. The van der Waals surface area contributed by atoms with Gasteiger partial charge in [-0.05, 0) is 31.0 Å². The van der Waals surface area contributed by atoms with Crippen molar-refractivity contribution in [1.29, 1.82) is 0 Å². The Morgan fingerprint density at radius 2 is 1.88 bits per heavy atom. The van der Waals surface area contributed by atoms with Crippen molar-refractivity contribution in [1.82, 2.24) is 10.6 Å². The molecule has 1 fully saturated rings. The lowest BCUT2D eigenvalue weighted by Crippen LogP contribution is -2.43.